The van der Waals surface area contributed by atoms with Crippen LogP contribution in [-0.4, -0.2) is 30.7 Å². The quantitative estimate of drug-likeness (QED) is 0.721. The van der Waals surface area contributed by atoms with Gasteiger partial charge in [0.1, 0.15) is 5.56 Å². The van der Waals surface area contributed by atoms with Gasteiger partial charge in [-0.2, -0.15) is 0 Å². The van der Waals surface area contributed by atoms with Gasteiger partial charge in [-0.05, 0) is 25.9 Å². The molecule has 0 unspecified atom stereocenters. The van der Waals surface area contributed by atoms with Gasteiger partial charge in [0.05, 0.1) is 5.69 Å². The van der Waals surface area contributed by atoms with Crippen LogP contribution < -0.4 is 10.6 Å². The van der Waals surface area contributed by atoms with Gasteiger partial charge in [-0.15, -0.1) is 0 Å². The maximum atomic E-state index is 11.8. The fourth-order valence-corrected chi connectivity index (χ4v) is 2.50. The molecule has 5 nitrogen and oxygen atoms in total. The second-order valence-electron chi connectivity index (χ2n) is 4.40. The molecule has 1 fully saturated rings. The van der Waals surface area contributed by atoms with E-state index in [-0.39, 0.29) is 5.91 Å². The van der Waals surface area contributed by atoms with Gasteiger partial charge in [0.2, 0.25) is 0 Å². The Bertz CT molecular complexity index is 407. The van der Waals surface area contributed by atoms with Gasteiger partial charge < -0.3 is 15.2 Å². The number of fused-ring (bicyclic) bond motifs is 1. The summed E-state index contributed by atoms with van der Waals surface area (Å²) in [4.78, 5) is 11.8. The molecule has 0 aromatic carbocycles. The molecule has 0 aliphatic carbocycles. The Labute approximate surface area is 93.6 Å². The Morgan fingerprint density at radius 1 is 1.25 bits per heavy atom. The van der Waals surface area contributed by atoms with Crippen molar-refractivity contribution < 1.29 is 9.32 Å². The van der Waals surface area contributed by atoms with Gasteiger partial charge in [-0.1, -0.05) is 5.16 Å². The maximum Gasteiger partial charge on any atom is 0.256 e. The largest absolute Gasteiger partial charge is 0.360 e. The average Bonchev–Trinajstić information content (AvgIpc) is 2.75. The summed E-state index contributed by atoms with van der Waals surface area (Å²) >= 11 is 0. The Morgan fingerprint density at radius 3 is 2.88 bits per heavy atom. The van der Waals surface area contributed by atoms with Crippen molar-refractivity contribution in [3.05, 3.63) is 17.0 Å². The summed E-state index contributed by atoms with van der Waals surface area (Å²) in [5.41, 5.74) is 1.58. The molecular formula is C11H15N3O2. The van der Waals surface area contributed by atoms with Gasteiger partial charge in [0, 0.05) is 18.9 Å². The van der Waals surface area contributed by atoms with Crippen molar-refractivity contribution >= 4 is 5.91 Å². The first-order chi connectivity index (χ1) is 7.86. The molecule has 3 heterocycles. The Morgan fingerprint density at radius 2 is 2.06 bits per heavy atom. The number of rotatable bonds is 1. The first kappa shape index (κ1) is 9.84. The molecule has 2 aliphatic heterocycles. The molecule has 0 radical (unpaired) electrons. The van der Waals surface area contributed by atoms with Crippen LogP contribution in [0.25, 0.3) is 0 Å². The summed E-state index contributed by atoms with van der Waals surface area (Å²) in [6, 6.07) is 0. The molecule has 0 atom stereocenters. The van der Waals surface area contributed by atoms with Crippen LogP contribution in [0.4, 0.5) is 0 Å². The van der Waals surface area contributed by atoms with Crippen LogP contribution in [0, 0.1) is 0 Å². The normalized spacial score (nSPS) is 21.6. The van der Waals surface area contributed by atoms with Gasteiger partial charge in [-0.25, -0.2) is 0 Å². The number of carbonyl (C=O) groups is 1. The van der Waals surface area contributed by atoms with Crippen LogP contribution >= 0.6 is 0 Å². The summed E-state index contributed by atoms with van der Waals surface area (Å²) < 4.78 is 5.28. The number of hydrogen-bond acceptors (Lipinski definition) is 4. The van der Waals surface area contributed by atoms with Gasteiger partial charge in [-0.3, -0.25) is 4.79 Å². The molecule has 2 N–H and O–H groups in total. The highest BCUT2D eigenvalue weighted by Gasteiger charge is 2.30. The molecule has 2 aliphatic rings. The molecule has 86 valence electrons. The number of nitrogens with one attached hydrogen (secondary N) is 2. The average molecular weight is 221 g/mol. The van der Waals surface area contributed by atoms with E-state index >= 15 is 0 Å². The van der Waals surface area contributed by atoms with Crippen LogP contribution in [0.15, 0.2) is 4.52 Å². The zero-order valence-corrected chi connectivity index (χ0v) is 9.08. The third-order valence-corrected chi connectivity index (χ3v) is 3.38. The molecule has 0 saturated carbocycles. The van der Waals surface area contributed by atoms with E-state index in [1.54, 1.807) is 0 Å². The van der Waals surface area contributed by atoms with Gasteiger partial charge in [0.15, 0.2) is 5.76 Å². The fourth-order valence-electron chi connectivity index (χ4n) is 2.50. The van der Waals surface area contributed by atoms with Crippen LogP contribution in [0.1, 0.15) is 40.6 Å². The van der Waals surface area contributed by atoms with E-state index < -0.39 is 0 Å². The SMILES string of the molecule is O=C1NCCc2onc(C3CCNCC3)c21. The number of amides is 1. The first-order valence-corrected chi connectivity index (χ1v) is 5.83. The molecular weight excluding hydrogens is 206 g/mol. The summed E-state index contributed by atoms with van der Waals surface area (Å²) in [7, 11) is 0. The van der Waals surface area contributed by atoms with Crippen molar-refractivity contribution in [2.75, 3.05) is 19.6 Å². The minimum absolute atomic E-state index is 0.0176. The lowest BCUT2D eigenvalue weighted by Crippen LogP contribution is -2.33. The monoisotopic (exact) mass is 221 g/mol. The lowest BCUT2D eigenvalue weighted by molar-refractivity contribution is 0.0941. The molecule has 16 heavy (non-hydrogen) atoms. The zero-order chi connectivity index (χ0) is 11.0. The third-order valence-electron chi connectivity index (χ3n) is 3.38. The molecule has 1 aromatic rings. The molecule has 5 heteroatoms. The van der Waals surface area contributed by atoms with Crippen LogP contribution in [0.2, 0.25) is 0 Å². The number of aromatic nitrogens is 1. The van der Waals surface area contributed by atoms with Crippen LogP contribution in [0.5, 0.6) is 0 Å². The van der Waals surface area contributed by atoms with E-state index in [1.807, 2.05) is 0 Å². The van der Waals surface area contributed by atoms with Crippen molar-refractivity contribution in [3.8, 4) is 0 Å². The van der Waals surface area contributed by atoms with E-state index in [2.05, 4.69) is 15.8 Å². The third kappa shape index (κ3) is 1.51. The van der Waals surface area contributed by atoms with Crippen LogP contribution in [0.3, 0.4) is 0 Å². The van der Waals surface area contributed by atoms with Crippen molar-refractivity contribution in [2.45, 2.75) is 25.2 Å². The highest BCUT2D eigenvalue weighted by Crippen LogP contribution is 2.30. The summed E-state index contributed by atoms with van der Waals surface area (Å²) in [6.45, 7) is 2.65. The van der Waals surface area contributed by atoms with Crippen molar-refractivity contribution in [1.29, 1.82) is 0 Å². The molecule has 1 saturated heterocycles. The maximum absolute atomic E-state index is 11.8. The molecule has 1 aromatic heterocycles. The fraction of sp³-hybridized carbons (Fsp3) is 0.636. The van der Waals surface area contributed by atoms with Crippen molar-refractivity contribution in [2.24, 2.45) is 0 Å². The van der Waals surface area contributed by atoms with Gasteiger partial charge in [0.25, 0.3) is 5.91 Å². The van der Waals surface area contributed by atoms with E-state index in [9.17, 15) is 4.79 Å². The molecule has 1 amide bonds. The first-order valence-electron chi connectivity index (χ1n) is 5.83. The Balaban J connectivity index is 1.95. The Hall–Kier alpha value is -1.36. The Kier molecular flexibility index (Phi) is 2.40. The van der Waals surface area contributed by atoms with E-state index in [0.717, 1.165) is 43.8 Å². The lowest BCUT2D eigenvalue weighted by Gasteiger charge is -2.22. The number of hydrogen-bond donors (Lipinski definition) is 2. The predicted molar refractivity (Wildman–Crippen MR) is 57.4 cm³/mol. The predicted octanol–water partition coefficient (Wildman–Crippen LogP) is 0.427. The second kappa shape index (κ2) is 3.90. The smallest absolute Gasteiger partial charge is 0.256 e. The standard InChI is InChI=1S/C11H15N3O2/c15-11-9-8(3-6-13-11)16-14-10(9)7-1-4-12-5-2-7/h7,12H,1-6H2,(H,13,15). The summed E-state index contributed by atoms with van der Waals surface area (Å²) in [5, 5.41) is 10.3. The van der Waals surface area contributed by atoms with E-state index in [0.29, 0.717) is 18.0 Å². The summed E-state index contributed by atoms with van der Waals surface area (Å²) in [6.07, 6.45) is 2.83. The zero-order valence-electron chi connectivity index (χ0n) is 9.08. The van der Waals surface area contributed by atoms with E-state index in [1.165, 1.54) is 0 Å². The molecule has 0 bridgehead atoms. The van der Waals surface area contributed by atoms with Crippen LogP contribution in [-0.2, 0) is 6.42 Å². The van der Waals surface area contributed by atoms with Gasteiger partial charge >= 0.3 is 0 Å². The van der Waals surface area contributed by atoms with Crippen molar-refractivity contribution in [3.63, 3.8) is 0 Å². The highest BCUT2D eigenvalue weighted by molar-refractivity contribution is 5.97. The van der Waals surface area contributed by atoms with Crippen molar-refractivity contribution in [1.82, 2.24) is 15.8 Å². The minimum Gasteiger partial charge on any atom is -0.360 e. The van der Waals surface area contributed by atoms with E-state index in [4.69, 9.17) is 4.52 Å². The second-order valence-corrected chi connectivity index (χ2v) is 4.40. The molecule has 0 spiro atoms. The lowest BCUT2D eigenvalue weighted by atomic mass is 9.90. The minimum atomic E-state index is -0.0176. The number of piperidine rings is 1. The number of carbonyl (C=O) groups excluding carboxylic acids is 1. The summed E-state index contributed by atoms with van der Waals surface area (Å²) in [5.74, 6) is 1.12. The highest BCUT2D eigenvalue weighted by atomic mass is 16.5. The molecule has 3 rings (SSSR count). The number of nitrogens with zero attached hydrogens (tertiary/aromatic N) is 1. The topological polar surface area (TPSA) is 67.2 Å².